The highest BCUT2D eigenvalue weighted by Gasteiger charge is 2.10. The van der Waals surface area contributed by atoms with E-state index in [9.17, 15) is 0 Å². The first kappa shape index (κ1) is 15.3. The number of rotatable bonds is 4. The van der Waals surface area contributed by atoms with Crippen molar-refractivity contribution in [3.05, 3.63) is 48.0 Å². The van der Waals surface area contributed by atoms with Crippen molar-refractivity contribution in [1.82, 2.24) is 4.98 Å². The normalized spacial score (nSPS) is 11.2. The Kier molecular flexibility index (Phi) is 4.28. The molecule has 4 rings (SSSR count). The molecule has 2 heteroatoms. The van der Waals surface area contributed by atoms with Crippen LogP contribution >= 0.6 is 11.3 Å². The molecule has 0 amide bonds. The number of hydrogen-bond acceptors (Lipinski definition) is 1. The Morgan fingerprint density at radius 3 is 2.83 bits per heavy atom. The minimum absolute atomic E-state index is 1.01. The fourth-order valence-electron chi connectivity index (χ4n) is 3.22. The van der Waals surface area contributed by atoms with E-state index in [0.29, 0.717) is 0 Å². The Balaban J connectivity index is 1.64. The van der Waals surface area contributed by atoms with Crippen LogP contribution in [0.4, 0.5) is 0 Å². The van der Waals surface area contributed by atoms with Gasteiger partial charge in [-0.25, -0.2) is 0 Å². The highest BCUT2D eigenvalue weighted by atomic mass is 32.1. The van der Waals surface area contributed by atoms with Gasteiger partial charge in [0.2, 0.25) is 0 Å². The molecular weight excluding hydrogens is 310 g/mol. The van der Waals surface area contributed by atoms with Crippen molar-refractivity contribution in [1.29, 1.82) is 0 Å². The number of hydrogen-bond donors (Lipinski definition) is 1. The summed E-state index contributed by atoms with van der Waals surface area (Å²) in [7, 11) is 0. The van der Waals surface area contributed by atoms with Crippen molar-refractivity contribution in [3.8, 4) is 11.8 Å². The molecular formula is C22H21NS. The van der Waals surface area contributed by atoms with Crippen LogP contribution in [-0.4, -0.2) is 4.98 Å². The molecule has 0 bridgehead atoms. The van der Waals surface area contributed by atoms with Crippen molar-refractivity contribution >= 4 is 42.5 Å². The van der Waals surface area contributed by atoms with E-state index in [2.05, 4.69) is 66.2 Å². The summed E-state index contributed by atoms with van der Waals surface area (Å²) in [6, 6.07) is 15.1. The van der Waals surface area contributed by atoms with Gasteiger partial charge in [-0.2, -0.15) is 0 Å². The van der Waals surface area contributed by atoms with Crippen molar-refractivity contribution in [2.75, 3.05) is 0 Å². The van der Waals surface area contributed by atoms with Crippen LogP contribution in [0.15, 0.2) is 42.5 Å². The number of fused-ring (bicyclic) bond motifs is 5. The quantitative estimate of drug-likeness (QED) is 0.310. The summed E-state index contributed by atoms with van der Waals surface area (Å²) in [5.74, 6) is 6.66. The molecule has 0 atom stereocenters. The number of aromatic nitrogens is 1. The van der Waals surface area contributed by atoms with Crippen LogP contribution in [0, 0.1) is 11.8 Å². The van der Waals surface area contributed by atoms with Crippen LogP contribution in [0.2, 0.25) is 0 Å². The van der Waals surface area contributed by atoms with Crippen LogP contribution in [0.1, 0.15) is 44.6 Å². The number of nitrogens with one attached hydrogen (secondary N) is 1. The lowest BCUT2D eigenvalue weighted by Crippen LogP contribution is -1.76. The maximum Gasteiger partial charge on any atom is 0.0654 e. The zero-order valence-electron chi connectivity index (χ0n) is 14.0. The van der Waals surface area contributed by atoms with Gasteiger partial charge in [0.15, 0.2) is 0 Å². The van der Waals surface area contributed by atoms with E-state index >= 15 is 0 Å². The average molecular weight is 331 g/mol. The molecule has 0 radical (unpaired) electrons. The topological polar surface area (TPSA) is 15.8 Å². The third kappa shape index (κ3) is 2.81. The fourth-order valence-corrected chi connectivity index (χ4v) is 4.45. The van der Waals surface area contributed by atoms with Gasteiger partial charge in [-0.1, -0.05) is 62.3 Å². The summed E-state index contributed by atoms with van der Waals surface area (Å²) >= 11 is 1.86. The Labute approximate surface area is 146 Å². The van der Waals surface area contributed by atoms with Gasteiger partial charge in [-0.15, -0.1) is 11.3 Å². The van der Waals surface area contributed by atoms with Crippen LogP contribution < -0.4 is 0 Å². The second kappa shape index (κ2) is 6.71. The van der Waals surface area contributed by atoms with E-state index in [4.69, 9.17) is 0 Å². The molecule has 0 aliphatic rings. The van der Waals surface area contributed by atoms with Crippen LogP contribution in [-0.2, 0) is 0 Å². The zero-order valence-corrected chi connectivity index (χ0v) is 14.8. The first-order valence-electron chi connectivity index (χ1n) is 8.78. The first-order valence-corrected chi connectivity index (χ1v) is 9.60. The third-order valence-electron chi connectivity index (χ3n) is 4.51. The smallest absolute Gasteiger partial charge is 0.0654 e. The molecule has 0 aliphatic carbocycles. The molecule has 0 fully saturated rings. The van der Waals surface area contributed by atoms with Crippen molar-refractivity contribution in [3.63, 3.8) is 0 Å². The molecule has 1 N–H and O–H groups in total. The van der Waals surface area contributed by atoms with E-state index < -0.39 is 0 Å². The average Bonchev–Trinajstić information content (AvgIpc) is 3.13. The number of para-hydroxylation sites is 1. The summed E-state index contributed by atoms with van der Waals surface area (Å²) in [6.07, 6.45) is 6.13. The predicted octanol–water partition coefficient (Wildman–Crippen LogP) is 6.86. The molecule has 0 aliphatic heterocycles. The van der Waals surface area contributed by atoms with Gasteiger partial charge in [0.1, 0.15) is 0 Å². The van der Waals surface area contributed by atoms with Crippen molar-refractivity contribution < 1.29 is 0 Å². The number of aromatic amines is 1. The fraction of sp³-hybridized carbons (Fsp3) is 0.273. The molecule has 0 spiro atoms. The monoisotopic (exact) mass is 331 g/mol. The van der Waals surface area contributed by atoms with Gasteiger partial charge in [-0.05, 0) is 24.6 Å². The van der Waals surface area contributed by atoms with E-state index in [1.165, 1.54) is 56.9 Å². The van der Waals surface area contributed by atoms with Gasteiger partial charge in [-0.3, -0.25) is 0 Å². The molecule has 0 saturated carbocycles. The molecule has 1 nitrogen and oxygen atoms in total. The summed E-state index contributed by atoms with van der Waals surface area (Å²) < 4.78 is 2.67. The minimum atomic E-state index is 1.01. The first-order chi connectivity index (χ1) is 11.9. The van der Waals surface area contributed by atoms with Crippen molar-refractivity contribution in [2.45, 2.75) is 39.0 Å². The lowest BCUT2D eigenvalue weighted by atomic mass is 10.1. The maximum absolute atomic E-state index is 3.57. The SMILES string of the molecule is CCCCCCC#Cc1ccc2c(c1)sc1c3ccccc3[nH]c21. The number of thiophene rings is 1. The summed E-state index contributed by atoms with van der Waals surface area (Å²) in [5.41, 5.74) is 3.61. The molecule has 2 aromatic carbocycles. The molecule has 2 aromatic heterocycles. The number of H-pyrrole nitrogens is 1. The van der Waals surface area contributed by atoms with E-state index in [0.717, 1.165) is 12.0 Å². The standard InChI is InChI=1S/C22H21NS/c1-2-3-4-5-6-7-10-16-13-14-18-20(15-16)24-22-17-11-8-9-12-19(17)23-21(18)22/h8-9,11-15,23H,2-6H2,1H3. The van der Waals surface area contributed by atoms with Crippen molar-refractivity contribution in [2.24, 2.45) is 0 Å². The van der Waals surface area contributed by atoms with E-state index in [1.54, 1.807) is 0 Å². The molecule has 0 unspecified atom stereocenters. The Hall–Kier alpha value is -2.24. The molecule has 2 heterocycles. The predicted molar refractivity (Wildman–Crippen MR) is 107 cm³/mol. The summed E-state index contributed by atoms with van der Waals surface area (Å²) in [6.45, 7) is 2.24. The van der Waals surface area contributed by atoms with E-state index in [1.807, 2.05) is 11.3 Å². The van der Waals surface area contributed by atoms with E-state index in [-0.39, 0.29) is 0 Å². The minimum Gasteiger partial charge on any atom is -0.353 e. The molecule has 4 aromatic rings. The Morgan fingerprint density at radius 2 is 1.92 bits per heavy atom. The molecule has 120 valence electrons. The summed E-state index contributed by atoms with van der Waals surface area (Å²) in [5, 5.41) is 2.62. The van der Waals surface area contributed by atoms with Gasteiger partial charge in [0.05, 0.1) is 10.2 Å². The lowest BCUT2D eigenvalue weighted by Gasteiger charge is -1.94. The highest BCUT2D eigenvalue weighted by Crippen LogP contribution is 2.38. The second-order valence-electron chi connectivity index (χ2n) is 6.30. The van der Waals surface area contributed by atoms with Gasteiger partial charge in [0.25, 0.3) is 0 Å². The van der Waals surface area contributed by atoms with Crippen LogP contribution in [0.25, 0.3) is 31.2 Å². The Bertz CT molecular complexity index is 1060. The van der Waals surface area contributed by atoms with Gasteiger partial charge >= 0.3 is 0 Å². The number of unbranched alkanes of at least 4 members (excludes halogenated alkanes) is 4. The van der Waals surface area contributed by atoms with Crippen LogP contribution in [0.5, 0.6) is 0 Å². The van der Waals surface area contributed by atoms with Gasteiger partial charge < -0.3 is 4.98 Å². The lowest BCUT2D eigenvalue weighted by molar-refractivity contribution is 0.679. The largest absolute Gasteiger partial charge is 0.353 e. The number of benzene rings is 2. The maximum atomic E-state index is 3.57. The second-order valence-corrected chi connectivity index (χ2v) is 7.35. The third-order valence-corrected chi connectivity index (χ3v) is 5.70. The van der Waals surface area contributed by atoms with Crippen LogP contribution in [0.3, 0.4) is 0 Å². The Morgan fingerprint density at radius 1 is 1.00 bits per heavy atom. The highest BCUT2D eigenvalue weighted by molar-refractivity contribution is 7.26. The zero-order chi connectivity index (χ0) is 16.4. The summed E-state index contributed by atoms with van der Waals surface area (Å²) in [4.78, 5) is 3.57. The molecule has 0 saturated heterocycles. The molecule has 24 heavy (non-hydrogen) atoms. The van der Waals surface area contributed by atoms with Gasteiger partial charge in [0, 0.05) is 33.0 Å².